The molecule has 9 nitrogen and oxygen atoms in total. The lowest BCUT2D eigenvalue weighted by Gasteiger charge is -2.24. The van der Waals surface area contributed by atoms with Crippen LogP contribution >= 0.6 is 0 Å². The van der Waals surface area contributed by atoms with Crippen molar-refractivity contribution in [1.29, 1.82) is 0 Å². The molecule has 0 bridgehead atoms. The topological polar surface area (TPSA) is 124 Å². The van der Waals surface area contributed by atoms with E-state index in [-0.39, 0.29) is 30.1 Å². The summed E-state index contributed by atoms with van der Waals surface area (Å²) in [5, 5.41) is 0. The van der Waals surface area contributed by atoms with Gasteiger partial charge in [-0.15, -0.1) is 0 Å². The maximum atomic E-state index is 13.3. The molecule has 0 unspecified atom stereocenters. The highest BCUT2D eigenvalue weighted by Gasteiger charge is 2.26. The number of nitrogens with zero attached hydrogens (tertiary/aromatic N) is 2. The summed E-state index contributed by atoms with van der Waals surface area (Å²) in [4.78, 5) is 41.9. The van der Waals surface area contributed by atoms with E-state index in [4.69, 9.17) is 14.9 Å². The Bertz CT molecular complexity index is 1240. The quantitative estimate of drug-likeness (QED) is 0.496. The number of carbonyl (C=O) groups is 1. The summed E-state index contributed by atoms with van der Waals surface area (Å²) in [6, 6.07) is 10.9. The average Bonchev–Trinajstić information content (AvgIpc) is 3.29. The van der Waals surface area contributed by atoms with Gasteiger partial charge < -0.3 is 14.9 Å². The summed E-state index contributed by atoms with van der Waals surface area (Å²) in [7, 11) is 0. The van der Waals surface area contributed by atoms with Gasteiger partial charge in [-0.2, -0.15) is 0 Å². The van der Waals surface area contributed by atoms with E-state index < -0.39 is 17.2 Å². The van der Waals surface area contributed by atoms with E-state index in [0.717, 1.165) is 12.0 Å². The number of aromatic nitrogens is 2. The molecule has 3 aromatic rings. The Labute approximate surface area is 198 Å². The van der Waals surface area contributed by atoms with E-state index in [9.17, 15) is 14.4 Å². The van der Waals surface area contributed by atoms with Gasteiger partial charge in [0.15, 0.2) is 12.3 Å². The first-order valence-corrected chi connectivity index (χ1v) is 11.3. The highest BCUT2D eigenvalue weighted by atomic mass is 16.5. The van der Waals surface area contributed by atoms with Crippen LogP contribution < -0.4 is 26.6 Å². The second-order valence-corrected chi connectivity index (χ2v) is 9.12. The summed E-state index contributed by atoms with van der Waals surface area (Å²) in [5.74, 6) is 0.411. The minimum absolute atomic E-state index is 0.0452. The summed E-state index contributed by atoms with van der Waals surface area (Å²) < 4.78 is 12.4. The van der Waals surface area contributed by atoms with E-state index in [1.807, 2.05) is 25.1 Å². The summed E-state index contributed by atoms with van der Waals surface area (Å²) in [6.45, 7) is 8.19. The van der Waals surface area contributed by atoms with Crippen LogP contribution in [0.2, 0.25) is 0 Å². The molecular weight excluding hydrogens is 436 g/mol. The molecule has 3 N–H and O–H groups in total. The lowest BCUT2D eigenvalue weighted by Crippen LogP contribution is -2.42. The number of aromatic amines is 1. The standard InChI is InChI=1S/C25H32N4O5/c1-5-6-12-28-22(26)21(23(31)27-24(28)32)29(15-19-11-8-13-33-19)20(30)16-34-18-10-7-9-17(14-18)25(2,3)4/h7-11,13-14H,5-6,12,15-16,26H2,1-4H3,(H,27,31,32). The van der Waals surface area contributed by atoms with Gasteiger partial charge in [-0.1, -0.05) is 46.2 Å². The number of nitrogens with one attached hydrogen (secondary N) is 1. The van der Waals surface area contributed by atoms with Crippen LogP contribution in [0.15, 0.2) is 56.7 Å². The molecule has 0 saturated heterocycles. The molecule has 2 heterocycles. The molecule has 1 amide bonds. The molecule has 0 fully saturated rings. The zero-order valence-electron chi connectivity index (χ0n) is 20.1. The van der Waals surface area contributed by atoms with Crippen LogP contribution in [0.1, 0.15) is 51.9 Å². The molecule has 0 aliphatic rings. The highest BCUT2D eigenvalue weighted by molar-refractivity contribution is 5.96. The summed E-state index contributed by atoms with van der Waals surface area (Å²) in [6.07, 6.45) is 2.99. The second kappa shape index (κ2) is 10.5. The number of anilines is 2. The molecule has 0 radical (unpaired) electrons. The number of furan rings is 1. The number of nitrogens with two attached hydrogens (primary N) is 1. The van der Waals surface area contributed by atoms with Crippen molar-refractivity contribution >= 4 is 17.4 Å². The van der Waals surface area contributed by atoms with Gasteiger partial charge in [-0.3, -0.25) is 24.0 Å². The number of hydrogen-bond acceptors (Lipinski definition) is 6. The molecule has 34 heavy (non-hydrogen) atoms. The Balaban J connectivity index is 1.94. The number of ether oxygens (including phenoxy) is 1. The molecule has 0 spiro atoms. The predicted molar refractivity (Wildman–Crippen MR) is 131 cm³/mol. The van der Waals surface area contributed by atoms with Crippen LogP contribution in [0, 0.1) is 0 Å². The fourth-order valence-electron chi connectivity index (χ4n) is 3.50. The Hall–Kier alpha value is -3.75. The number of amides is 1. The van der Waals surface area contributed by atoms with Gasteiger partial charge in [0.2, 0.25) is 0 Å². The van der Waals surface area contributed by atoms with Crippen molar-refractivity contribution in [2.24, 2.45) is 0 Å². The number of carbonyl (C=O) groups excluding carboxylic acids is 1. The lowest BCUT2D eigenvalue weighted by atomic mass is 9.87. The summed E-state index contributed by atoms with van der Waals surface area (Å²) >= 11 is 0. The van der Waals surface area contributed by atoms with Gasteiger partial charge >= 0.3 is 5.69 Å². The molecule has 9 heteroatoms. The van der Waals surface area contributed by atoms with Crippen LogP contribution in [-0.2, 0) is 23.3 Å². The molecule has 0 saturated carbocycles. The maximum Gasteiger partial charge on any atom is 0.330 e. The Kier molecular flexibility index (Phi) is 7.65. The molecular formula is C25H32N4O5. The lowest BCUT2D eigenvalue weighted by molar-refractivity contribution is -0.120. The van der Waals surface area contributed by atoms with Crippen molar-refractivity contribution in [2.45, 2.75) is 59.0 Å². The first-order valence-electron chi connectivity index (χ1n) is 11.3. The third-order valence-electron chi connectivity index (χ3n) is 5.48. The predicted octanol–water partition coefficient (Wildman–Crippen LogP) is 3.42. The van der Waals surface area contributed by atoms with Crippen molar-refractivity contribution in [3.05, 3.63) is 74.8 Å². The van der Waals surface area contributed by atoms with Crippen molar-refractivity contribution in [2.75, 3.05) is 17.2 Å². The first-order chi connectivity index (χ1) is 16.1. The molecule has 0 aliphatic heterocycles. The smallest absolute Gasteiger partial charge is 0.330 e. The number of H-pyrrole nitrogens is 1. The van der Waals surface area contributed by atoms with Crippen molar-refractivity contribution < 1.29 is 13.9 Å². The van der Waals surface area contributed by atoms with Crippen molar-refractivity contribution in [3.8, 4) is 5.75 Å². The van der Waals surface area contributed by atoms with Crippen LogP contribution in [-0.4, -0.2) is 22.1 Å². The van der Waals surface area contributed by atoms with Crippen LogP contribution in [0.5, 0.6) is 5.75 Å². The normalized spacial score (nSPS) is 11.4. The summed E-state index contributed by atoms with van der Waals surface area (Å²) in [5.41, 5.74) is 5.77. The van der Waals surface area contributed by atoms with E-state index in [0.29, 0.717) is 24.5 Å². The van der Waals surface area contributed by atoms with E-state index in [1.165, 1.54) is 15.7 Å². The van der Waals surface area contributed by atoms with Gasteiger partial charge in [-0.25, -0.2) is 4.79 Å². The van der Waals surface area contributed by atoms with Crippen LogP contribution in [0.25, 0.3) is 0 Å². The Morgan fingerprint density at radius 2 is 1.97 bits per heavy atom. The average molecular weight is 469 g/mol. The van der Waals surface area contributed by atoms with Crippen molar-refractivity contribution in [1.82, 2.24) is 9.55 Å². The zero-order chi connectivity index (χ0) is 24.9. The van der Waals surface area contributed by atoms with Gasteiger partial charge in [0.25, 0.3) is 11.5 Å². The molecule has 2 aromatic heterocycles. The Morgan fingerprint density at radius 3 is 2.62 bits per heavy atom. The highest BCUT2D eigenvalue weighted by Crippen LogP contribution is 2.26. The van der Waals surface area contributed by atoms with Gasteiger partial charge in [-0.05, 0) is 41.7 Å². The van der Waals surface area contributed by atoms with E-state index in [2.05, 4.69) is 25.8 Å². The SMILES string of the molecule is CCCCn1c(N)c(N(Cc2ccco2)C(=O)COc2cccc(C(C)(C)C)c2)c(=O)[nH]c1=O. The third-order valence-corrected chi connectivity index (χ3v) is 5.48. The fraction of sp³-hybridized carbons (Fsp3) is 0.400. The van der Waals surface area contributed by atoms with Gasteiger partial charge in [0.1, 0.15) is 17.3 Å². The van der Waals surface area contributed by atoms with Crippen LogP contribution in [0.4, 0.5) is 11.5 Å². The minimum atomic E-state index is -0.745. The number of unbranched alkanes of at least 4 members (excludes halogenated alkanes) is 1. The molecule has 1 aromatic carbocycles. The molecule has 0 atom stereocenters. The second-order valence-electron chi connectivity index (χ2n) is 9.12. The zero-order valence-corrected chi connectivity index (χ0v) is 20.1. The van der Waals surface area contributed by atoms with Gasteiger partial charge in [0, 0.05) is 6.54 Å². The van der Waals surface area contributed by atoms with Crippen LogP contribution in [0.3, 0.4) is 0 Å². The monoisotopic (exact) mass is 468 g/mol. The maximum absolute atomic E-state index is 13.3. The van der Waals surface area contributed by atoms with E-state index >= 15 is 0 Å². The van der Waals surface area contributed by atoms with Gasteiger partial charge in [0.05, 0.1) is 12.8 Å². The first kappa shape index (κ1) is 24.9. The Morgan fingerprint density at radius 1 is 1.21 bits per heavy atom. The molecule has 182 valence electrons. The number of rotatable bonds is 9. The molecule has 0 aliphatic carbocycles. The third kappa shape index (κ3) is 5.78. The number of hydrogen-bond donors (Lipinski definition) is 2. The van der Waals surface area contributed by atoms with E-state index in [1.54, 1.807) is 18.2 Å². The number of nitrogen functional groups attached to an aromatic ring is 1. The fourth-order valence-corrected chi connectivity index (χ4v) is 3.50. The molecule has 3 rings (SSSR count). The minimum Gasteiger partial charge on any atom is -0.484 e. The number of benzene rings is 1. The van der Waals surface area contributed by atoms with Crippen molar-refractivity contribution in [3.63, 3.8) is 0 Å². The largest absolute Gasteiger partial charge is 0.484 e.